The number of carbonyl (C=O) groups is 1. The zero-order chi connectivity index (χ0) is 24.0. The molecule has 1 saturated heterocycles. The predicted molar refractivity (Wildman–Crippen MR) is 143 cm³/mol. The molecule has 0 atom stereocenters. The first-order valence-electron chi connectivity index (χ1n) is 11.8. The smallest absolute Gasteiger partial charge is 0.238 e. The molecular weight excluding hydrogens is 462 g/mol. The van der Waals surface area contributed by atoms with Gasteiger partial charge in [0.2, 0.25) is 5.91 Å². The van der Waals surface area contributed by atoms with E-state index in [9.17, 15) is 4.79 Å². The summed E-state index contributed by atoms with van der Waals surface area (Å²) in [5.74, 6) is -0.0227. The standard InChI is InChI=1S/C28H32ClN3OS/c1-20-3-8-23(32-27(33)19-30-2)17-26(20)28(13-15-31-16-14-28)18-21-4-9-24(10-5-21)34-25-11-6-22(29)7-12-25/h3-12,17,30-31H,13-16,18-19H2,1-2H3,(H,32,33). The van der Waals surface area contributed by atoms with Crippen LogP contribution in [0.3, 0.4) is 0 Å². The molecule has 0 spiro atoms. The van der Waals surface area contributed by atoms with Gasteiger partial charge in [0.1, 0.15) is 0 Å². The second-order valence-corrected chi connectivity index (χ2v) is 10.6. The van der Waals surface area contributed by atoms with Crippen molar-refractivity contribution in [3.63, 3.8) is 0 Å². The van der Waals surface area contributed by atoms with Gasteiger partial charge in [0.05, 0.1) is 6.54 Å². The molecule has 0 aliphatic carbocycles. The van der Waals surface area contributed by atoms with Crippen molar-refractivity contribution in [1.82, 2.24) is 10.6 Å². The van der Waals surface area contributed by atoms with E-state index in [1.54, 1.807) is 18.8 Å². The predicted octanol–water partition coefficient (Wildman–Crippen LogP) is 5.82. The van der Waals surface area contributed by atoms with Crippen molar-refractivity contribution >= 4 is 35.0 Å². The molecule has 3 aromatic rings. The third-order valence-corrected chi connectivity index (χ3v) is 7.77. The number of piperidine rings is 1. The van der Waals surface area contributed by atoms with Crippen LogP contribution in [0, 0.1) is 6.92 Å². The van der Waals surface area contributed by atoms with Gasteiger partial charge in [-0.15, -0.1) is 0 Å². The number of hydrogen-bond acceptors (Lipinski definition) is 4. The van der Waals surface area contributed by atoms with Crippen LogP contribution in [-0.4, -0.2) is 32.6 Å². The summed E-state index contributed by atoms with van der Waals surface area (Å²) in [5, 5.41) is 10.2. The van der Waals surface area contributed by atoms with Gasteiger partial charge in [-0.1, -0.05) is 41.6 Å². The molecule has 0 aromatic heterocycles. The second-order valence-electron chi connectivity index (χ2n) is 9.02. The molecule has 1 fully saturated rings. The fourth-order valence-electron chi connectivity index (χ4n) is 4.79. The van der Waals surface area contributed by atoms with Crippen molar-refractivity contribution in [3.8, 4) is 0 Å². The average molecular weight is 494 g/mol. The van der Waals surface area contributed by atoms with E-state index < -0.39 is 0 Å². The summed E-state index contributed by atoms with van der Waals surface area (Å²) in [5.41, 5.74) is 4.88. The number of halogens is 1. The fourth-order valence-corrected chi connectivity index (χ4v) is 5.73. The molecule has 0 saturated carbocycles. The highest BCUT2D eigenvalue weighted by Crippen LogP contribution is 2.40. The topological polar surface area (TPSA) is 53.2 Å². The van der Waals surface area contributed by atoms with Crippen molar-refractivity contribution in [2.75, 3.05) is 32.0 Å². The molecule has 0 radical (unpaired) electrons. The van der Waals surface area contributed by atoms with Crippen molar-refractivity contribution in [2.45, 2.75) is 41.4 Å². The quantitative estimate of drug-likeness (QED) is 0.370. The van der Waals surface area contributed by atoms with Gasteiger partial charge < -0.3 is 16.0 Å². The van der Waals surface area contributed by atoms with Crippen LogP contribution >= 0.6 is 23.4 Å². The lowest BCUT2D eigenvalue weighted by Crippen LogP contribution is -2.42. The maximum Gasteiger partial charge on any atom is 0.238 e. The largest absolute Gasteiger partial charge is 0.325 e. The third-order valence-electron chi connectivity index (χ3n) is 6.51. The Balaban J connectivity index is 1.56. The summed E-state index contributed by atoms with van der Waals surface area (Å²) in [7, 11) is 1.78. The number of amides is 1. The number of nitrogens with one attached hydrogen (secondary N) is 3. The minimum atomic E-state index is -0.0227. The minimum absolute atomic E-state index is 0.0227. The average Bonchev–Trinajstić information content (AvgIpc) is 2.84. The molecule has 6 heteroatoms. The lowest BCUT2D eigenvalue weighted by Gasteiger charge is -2.40. The van der Waals surface area contributed by atoms with Gasteiger partial charge in [0, 0.05) is 25.9 Å². The summed E-state index contributed by atoms with van der Waals surface area (Å²) < 4.78 is 0. The molecule has 0 unspecified atom stereocenters. The molecule has 1 amide bonds. The van der Waals surface area contributed by atoms with E-state index in [1.807, 2.05) is 18.2 Å². The molecule has 4 nitrogen and oxygen atoms in total. The molecule has 3 N–H and O–H groups in total. The number of likely N-dealkylation sites (N-methyl/N-ethyl adjacent to an activating group) is 1. The van der Waals surface area contributed by atoms with Crippen LogP contribution in [0.25, 0.3) is 0 Å². The van der Waals surface area contributed by atoms with E-state index in [0.29, 0.717) is 6.54 Å². The van der Waals surface area contributed by atoms with Crippen LogP contribution in [0.5, 0.6) is 0 Å². The molecule has 3 aromatic carbocycles. The second kappa shape index (κ2) is 11.4. The van der Waals surface area contributed by atoms with E-state index in [-0.39, 0.29) is 11.3 Å². The van der Waals surface area contributed by atoms with Gasteiger partial charge >= 0.3 is 0 Å². The van der Waals surface area contributed by atoms with Gasteiger partial charge in [-0.25, -0.2) is 0 Å². The lowest BCUT2D eigenvalue weighted by molar-refractivity contribution is -0.115. The highest BCUT2D eigenvalue weighted by atomic mass is 35.5. The van der Waals surface area contributed by atoms with Crippen LogP contribution in [0.4, 0.5) is 5.69 Å². The first-order valence-corrected chi connectivity index (χ1v) is 13.0. The Bertz CT molecular complexity index is 1110. The normalized spacial score (nSPS) is 15.1. The molecule has 34 heavy (non-hydrogen) atoms. The molecule has 1 aliphatic rings. The highest BCUT2D eigenvalue weighted by molar-refractivity contribution is 7.99. The van der Waals surface area contributed by atoms with E-state index >= 15 is 0 Å². The minimum Gasteiger partial charge on any atom is -0.325 e. The van der Waals surface area contributed by atoms with Gasteiger partial charge in [-0.3, -0.25) is 4.79 Å². The summed E-state index contributed by atoms with van der Waals surface area (Å²) in [6, 6.07) is 23.2. The monoisotopic (exact) mass is 493 g/mol. The van der Waals surface area contributed by atoms with Crippen LogP contribution in [-0.2, 0) is 16.6 Å². The van der Waals surface area contributed by atoms with Gasteiger partial charge in [0.15, 0.2) is 0 Å². The Morgan fingerprint density at radius 1 is 1.00 bits per heavy atom. The zero-order valence-electron chi connectivity index (χ0n) is 19.8. The van der Waals surface area contributed by atoms with Crippen LogP contribution in [0.15, 0.2) is 76.5 Å². The fraction of sp³-hybridized carbons (Fsp3) is 0.321. The third kappa shape index (κ3) is 6.22. The van der Waals surface area contributed by atoms with Crippen molar-refractivity contribution in [2.24, 2.45) is 0 Å². The molecule has 1 heterocycles. The molecule has 178 valence electrons. The van der Waals surface area contributed by atoms with Crippen LogP contribution in [0.1, 0.15) is 29.5 Å². The Morgan fingerprint density at radius 3 is 2.29 bits per heavy atom. The lowest BCUT2D eigenvalue weighted by atomic mass is 9.68. The Kier molecular flexibility index (Phi) is 8.32. The van der Waals surface area contributed by atoms with Crippen molar-refractivity contribution in [3.05, 3.63) is 88.4 Å². The first kappa shape index (κ1) is 24.8. The van der Waals surface area contributed by atoms with E-state index in [0.717, 1.165) is 43.1 Å². The molecular formula is C28H32ClN3OS. The van der Waals surface area contributed by atoms with E-state index in [2.05, 4.69) is 71.4 Å². The number of hydrogen-bond donors (Lipinski definition) is 3. The molecule has 4 rings (SSSR count). The Hall–Kier alpha value is -2.31. The molecule has 0 bridgehead atoms. The van der Waals surface area contributed by atoms with Crippen LogP contribution in [0.2, 0.25) is 5.02 Å². The van der Waals surface area contributed by atoms with Gasteiger partial charge in [-0.2, -0.15) is 0 Å². The first-order chi connectivity index (χ1) is 16.5. The number of benzene rings is 3. The van der Waals surface area contributed by atoms with E-state index in [4.69, 9.17) is 11.6 Å². The number of rotatable bonds is 8. The van der Waals surface area contributed by atoms with E-state index in [1.165, 1.54) is 26.5 Å². The number of anilines is 1. The Morgan fingerprint density at radius 2 is 1.65 bits per heavy atom. The van der Waals surface area contributed by atoms with Crippen molar-refractivity contribution in [1.29, 1.82) is 0 Å². The maximum atomic E-state index is 12.1. The number of aryl methyl sites for hydroxylation is 1. The summed E-state index contributed by atoms with van der Waals surface area (Å²) in [6.45, 7) is 4.49. The summed E-state index contributed by atoms with van der Waals surface area (Å²) in [4.78, 5) is 14.5. The highest BCUT2D eigenvalue weighted by Gasteiger charge is 2.35. The zero-order valence-corrected chi connectivity index (χ0v) is 21.4. The van der Waals surface area contributed by atoms with Gasteiger partial charge in [0.25, 0.3) is 0 Å². The summed E-state index contributed by atoms with van der Waals surface area (Å²) >= 11 is 7.76. The maximum absolute atomic E-state index is 12.1. The van der Waals surface area contributed by atoms with Gasteiger partial charge in [-0.05, 0) is 112 Å². The number of carbonyl (C=O) groups excluding carboxylic acids is 1. The molecule has 1 aliphatic heterocycles. The van der Waals surface area contributed by atoms with Crippen molar-refractivity contribution < 1.29 is 4.79 Å². The SMILES string of the molecule is CNCC(=O)Nc1ccc(C)c(C2(Cc3ccc(Sc4ccc(Cl)cc4)cc3)CCNCC2)c1. The summed E-state index contributed by atoms with van der Waals surface area (Å²) in [6.07, 6.45) is 3.13. The Labute approximate surface area is 211 Å². The van der Waals surface area contributed by atoms with Crippen LogP contribution < -0.4 is 16.0 Å².